The van der Waals surface area contributed by atoms with Crippen LogP contribution >= 0.6 is 0 Å². The maximum Gasteiger partial charge on any atom is 0.318 e. The lowest BCUT2D eigenvalue weighted by molar-refractivity contribution is 0.135. The van der Waals surface area contributed by atoms with Crippen molar-refractivity contribution in [2.45, 2.75) is 19.5 Å². The summed E-state index contributed by atoms with van der Waals surface area (Å²) in [7, 11) is 0. The van der Waals surface area contributed by atoms with Gasteiger partial charge in [-0.15, -0.1) is 0 Å². The van der Waals surface area contributed by atoms with Gasteiger partial charge < -0.3 is 14.8 Å². The van der Waals surface area contributed by atoms with Gasteiger partial charge in [0.2, 0.25) is 0 Å². The largest absolute Gasteiger partial charge is 0.334 e. The molecule has 2 aromatic carbocycles. The van der Waals surface area contributed by atoms with E-state index in [2.05, 4.69) is 44.0 Å². The Morgan fingerprint density at radius 2 is 1.53 bits per heavy atom. The third-order valence-corrected chi connectivity index (χ3v) is 5.77. The Hall–Kier alpha value is -3.12. The SMILES string of the molecule is Cc1nccn1CCN1CCN(C(=O)NC(c2ccccc2)c2ccccc2)CC1. The number of carbonyl (C=O) groups is 1. The molecule has 1 saturated heterocycles. The lowest BCUT2D eigenvalue weighted by Gasteiger charge is -2.35. The van der Waals surface area contributed by atoms with Crippen LogP contribution in [0.2, 0.25) is 0 Å². The zero-order valence-corrected chi connectivity index (χ0v) is 17.4. The van der Waals surface area contributed by atoms with E-state index in [0.29, 0.717) is 0 Å². The van der Waals surface area contributed by atoms with Gasteiger partial charge in [-0.2, -0.15) is 0 Å². The van der Waals surface area contributed by atoms with Crippen LogP contribution in [0.5, 0.6) is 0 Å². The number of nitrogens with zero attached hydrogens (tertiary/aromatic N) is 4. The van der Waals surface area contributed by atoms with Gasteiger partial charge in [0.1, 0.15) is 5.82 Å². The Morgan fingerprint density at radius 3 is 2.07 bits per heavy atom. The normalized spacial score (nSPS) is 14.8. The third kappa shape index (κ3) is 4.89. The molecule has 3 aromatic rings. The van der Waals surface area contributed by atoms with Crippen LogP contribution in [0.4, 0.5) is 4.79 Å². The molecule has 1 aliphatic rings. The molecule has 0 bridgehead atoms. The molecule has 2 heterocycles. The first-order valence-electron chi connectivity index (χ1n) is 10.6. The number of rotatable bonds is 6. The minimum atomic E-state index is -0.151. The first-order chi connectivity index (χ1) is 14.7. The van der Waals surface area contributed by atoms with Crippen LogP contribution in [-0.2, 0) is 6.54 Å². The van der Waals surface area contributed by atoms with Crippen LogP contribution in [0, 0.1) is 6.92 Å². The molecule has 2 amide bonds. The van der Waals surface area contributed by atoms with Gasteiger partial charge in [0.15, 0.2) is 0 Å². The molecule has 0 spiro atoms. The maximum absolute atomic E-state index is 13.0. The molecular formula is C24H29N5O. The molecule has 1 fully saturated rings. The van der Waals surface area contributed by atoms with Gasteiger partial charge in [0, 0.05) is 51.7 Å². The van der Waals surface area contributed by atoms with Crippen LogP contribution in [0.25, 0.3) is 0 Å². The summed E-state index contributed by atoms with van der Waals surface area (Å²) in [6.45, 7) is 7.20. The van der Waals surface area contributed by atoms with Gasteiger partial charge in [-0.05, 0) is 18.1 Å². The zero-order valence-electron chi connectivity index (χ0n) is 17.4. The Bertz CT molecular complexity index is 893. The first-order valence-corrected chi connectivity index (χ1v) is 10.6. The van der Waals surface area contributed by atoms with E-state index in [-0.39, 0.29) is 12.1 Å². The number of nitrogens with one attached hydrogen (secondary N) is 1. The highest BCUT2D eigenvalue weighted by Gasteiger charge is 2.24. The molecular weight excluding hydrogens is 374 g/mol. The fraction of sp³-hybridized carbons (Fsp3) is 0.333. The predicted octanol–water partition coefficient (Wildman–Crippen LogP) is 3.31. The number of aromatic nitrogens is 2. The molecule has 0 atom stereocenters. The number of hydrogen-bond acceptors (Lipinski definition) is 3. The second-order valence-corrected chi connectivity index (χ2v) is 7.70. The number of carbonyl (C=O) groups excluding carboxylic acids is 1. The van der Waals surface area contributed by atoms with Gasteiger partial charge in [-0.3, -0.25) is 4.90 Å². The molecule has 1 aliphatic heterocycles. The highest BCUT2D eigenvalue weighted by Crippen LogP contribution is 2.22. The molecule has 0 saturated carbocycles. The maximum atomic E-state index is 13.0. The van der Waals surface area contributed by atoms with Crippen LogP contribution in [0.15, 0.2) is 73.1 Å². The van der Waals surface area contributed by atoms with Crippen LogP contribution in [0.3, 0.4) is 0 Å². The van der Waals surface area contributed by atoms with Crippen molar-refractivity contribution in [3.63, 3.8) is 0 Å². The Morgan fingerprint density at radius 1 is 0.933 bits per heavy atom. The van der Waals surface area contributed by atoms with Crippen molar-refractivity contribution in [3.05, 3.63) is 90.0 Å². The van der Waals surface area contributed by atoms with E-state index in [9.17, 15) is 4.79 Å². The van der Waals surface area contributed by atoms with Crippen LogP contribution in [-0.4, -0.2) is 58.1 Å². The summed E-state index contributed by atoms with van der Waals surface area (Å²) >= 11 is 0. The third-order valence-electron chi connectivity index (χ3n) is 5.77. The van der Waals surface area contributed by atoms with Gasteiger partial charge >= 0.3 is 6.03 Å². The average Bonchev–Trinajstić information content (AvgIpc) is 3.22. The zero-order chi connectivity index (χ0) is 20.8. The van der Waals surface area contributed by atoms with Crippen molar-refractivity contribution < 1.29 is 4.79 Å². The number of aryl methyl sites for hydroxylation is 1. The molecule has 0 unspecified atom stereocenters. The van der Waals surface area contributed by atoms with Gasteiger partial charge in [0.25, 0.3) is 0 Å². The summed E-state index contributed by atoms with van der Waals surface area (Å²) in [4.78, 5) is 21.7. The number of amides is 2. The van der Waals surface area contributed by atoms with Crippen molar-refractivity contribution >= 4 is 6.03 Å². The van der Waals surface area contributed by atoms with E-state index in [4.69, 9.17) is 0 Å². The second kappa shape index (κ2) is 9.59. The summed E-state index contributed by atoms with van der Waals surface area (Å²) < 4.78 is 2.17. The lowest BCUT2D eigenvalue weighted by atomic mass is 9.99. The molecule has 0 aliphatic carbocycles. The number of urea groups is 1. The second-order valence-electron chi connectivity index (χ2n) is 7.70. The molecule has 30 heavy (non-hydrogen) atoms. The predicted molar refractivity (Wildman–Crippen MR) is 118 cm³/mol. The fourth-order valence-corrected chi connectivity index (χ4v) is 3.93. The summed E-state index contributed by atoms with van der Waals surface area (Å²) in [5.74, 6) is 1.04. The van der Waals surface area contributed by atoms with Gasteiger partial charge in [-0.25, -0.2) is 9.78 Å². The van der Waals surface area contributed by atoms with E-state index < -0.39 is 0 Å². The summed E-state index contributed by atoms with van der Waals surface area (Å²) in [6.07, 6.45) is 3.86. The molecule has 6 heteroatoms. The number of piperazine rings is 1. The molecule has 6 nitrogen and oxygen atoms in total. The molecule has 1 aromatic heterocycles. The van der Waals surface area contributed by atoms with Crippen LogP contribution < -0.4 is 5.32 Å². The minimum absolute atomic E-state index is 0.00203. The first kappa shape index (κ1) is 20.2. The monoisotopic (exact) mass is 403 g/mol. The minimum Gasteiger partial charge on any atom is -0.334 e. The van der Waals surface area contributed by atoms with E-state index in [1.54, 1.807) is 0 Å². The lowest BCUT2D eigenvalue weighted by Crippen LogP contribution is -2.52. The van der Waals surface area contributed by atoms with Crippen molar-refractivity contribution in [1.82, 2.24) is 24.7 Å². The highest BCUT2D eigenvalue weighted by molar-refractivity contribution is 5.75. The van der Waals surface area contributed by atoms with Crippen molar-refractivity contribution in [3.8, 4) is 0 Å². The van der Waals surface area contributed by atoms with E-state index in [1.165, 1.54) is 0 Å². The highest BCUT2D eigenvalue weighted by atomic mass is 16.2. The topological polar surface area (TPSA) is 53.4 Å². The van der Waals surface area contributed by atoms with Gasteiger partial charge in [-0.1, -0.05) is 60.7 Å². The Balaban J connectivity index is 1.34. The van der Waals surface area contributed by atoms with E-state index in [0.717, 1.165) is 56.2 Å². The Kier molecular flexibility index (Phi) is 6.44. The average molecular weight is 404 g/mol. The summed E-state index contributed by atoms with van der Waals surface area (Å²) in [5, 5.41) is 3.25. The van der Waals surface area contributed by atoms with Crippen molar-refractivity contribution in [1.29, 1.82) is 0 Å². The van der Waals surface area contributed by atoms with Crippen molar-refractivity contribution in [2.24, 2.45) is 0 Å². The smallest absolute Gasteiger partial charge is 0.318 e. The molecule has 4 rings (SSSR count). The summed E-state index contributed by atoms with van der Waals surface area (Å²) in [6, 6.07) is 20.1. The van der Waals surface area contributed by atoms with Crippen LogP contribution in [0.1, 0.15) is 23.0 Å². The molecule has 156 valence electrons. The summed E-state index contributed by atoms with van der Waals surface area (Å²) in [5.41, 5.74) is 2.18. The van der Waals surface area contributed by atoms with Crippen molar-refractivity contribution in [2.75, 3.05) is 32.7 Å². The van der Waals surface area contributed by atoms with Gasteiger partial charge in [0.05, 0.1) is 6.04 Å². The molecule has 1 N–H and O–H groups in total. The standard InChI is InChI=1S/C24H29N5O/c1-20-25-12-13-28(20)17-14-27-15-18-29(19-16-27)24(30)26-23(21-8-4-2-5-9-21)22-10-6-3-7-11-22/h2-13,23H,14-19H2,1H3,(H,26,30). The quantitative estimate of drug-likeness (QED) is 0.687. The number of benzene rings is 2. The Labute approximate surface area is 178 Å². The number of hydrogen-bond donors (Lipinski definition) is 1. The number of imidazole rings is 1. The fourth-order valence-electron chi connectivity index (χ4n) is 3.93. The van der Waals surface area contributed by atoms with E-state index >= 15 is 0 Å². The van der Waals surface area contributed by atoms with E-state index in [1.807, 2.05) is 60.6 Å². The molecule has 0 radical (unpaired) electrons.